The van der Waals surface area contributed by atoms with E-state index in [1.165, 1.54) is 30.0 Å². The number of β-lactam (4-membered cyclic amide) rings is 1. The van der Waals surface area contributed by atoms with E-state index >= 15 is 0 Å². The molecule has 2 atom stereocenters. The standard InChI is InChI=1S/C18H20N4O7S2/c1-3-4-29-21-12(11-7-30-8-19-11)15(24)20-13-16(25)22-14(18(26)27)10(5-28-9(2)23)6-31-17(13)22/h7-8,13,17H,3-6H2,1-2H3,(H,20,24)(H,26,27)/t13-,17-/m1/s1. The van der Waals surface area contributed by atoms with Gasteiger partial charge in [-0.2, -0.15) is 0 Å². The lowest BCUT2D eigenvalue weighted by Gasteiger charge is -2.49. The Morgan fingerprint density at radius 1 is 1.42 bits per heavy atom. The van der Waals surface area contributed by atoms with E-state index in [1.54, 1.807) is 10.9 Å². The second-order valence-electron chi connectivity index (χ2n) is 6.55. The smallest absolute Gasteiger partial charge is 0.352 e. The first-order valence-electron chi connectivity index (χ1n) is 9.27. The Balaban J connectivity index is 1.75. The zero-order valence-electron chi connectivity index (χ0n) is 16.7. The number of oxime groups is 1. The summed E-state index contributed by atoms with van der Waals surface area (Å²) >= 11 is 2.55. The van der Waals surface area contributed by atoms with Crippen LogP contribution in [0.1, 0.15) is 26.0 Å². The van der Waals surface area contributed by atoms with Crippen LogP contribution in [-0.4, -0.2) is 74.8 Å². The molecule has 1 saturated heterocycles. The Morgan fingerprint density at radius 3 is 2.81 bits per heavy atom. The third-order valence-corrected chi connectivity index (χ3v) is 6.25. The quantitative estimate of drug-likeness (QED) is 0.174. The van der Waals surface area contributed by atoms with Crippen molar-refractivity contribution >= 4 is 52.6 Å². The molecule has 2 aliphatic rings. The number of nitrogens with zero attached hydrogens (tertiary/aromatic N) is 3. The van der Waals surface area contributed by atoms with Crippen LogP contribution in [0.5, 0.6) is 0 Å². The van der Waals surface area contributed by atoms with Crippen molar-refractivity contribution in [1.82, 2.24) is 15.2 Å². The number of ether oxygens (including phenoxy) is 1. The molecule has 3 rings (SSSR count). The number of nitrogens with one attached hydrogen (secondary N) is 1. The summed E-state index contributed by atoms with van der Waals surface area (Å²) in [5.41, 5.74) is 1.89. The third-order valence-electron chi connectivity index (χ3n) is 4.33. The van der Waals surface area contributed by atoms with E-state index in [2.05, 4.69) is 15.5 Å². The van der Waals surface area contributed by atoms with Crippen molar-refractivity contribution in [3.63, 3.8) is 0 Å². The number of fused-ring (bicyclic) bond motifs is 1. The SMILES string of the molecule is CCCON=C(C(=O)N[C@@H]1C(=O)N2C(C(=O)O)=C(COC(C)=O)CS[C@H]12)c1cscn1. The van der Waals surface area contributed by atoms with Gasteiger partial charge in [0, 0.05) is 23.6 Å². The molecule has 0 aliphatic carbocycles. The minimum atomic E-state index is -1.30. The number of carboxylic acids is 1. The first kappa shape index (κ1) is 22.7. The molecule has 0 aromatic carbocycles. The van der Waals surface area contributed by atoms with Gasteiger partial charge in [0.05, 0.1) is 5.51 Å². The molecule has 0 spiro atoms. The number of carbonyl (C=O) groups is 4. The molecule has 1 fully saturated rings. The van der Waals surface area contributed by atoms with Crippen LogP contribution in [0.15, 0.2) is 27.3 Å². The van der Waals surface area contributed by atoms with Gasteiger partial charge in [-0.1, -0.05) is 12.1 Å². The summed E-state index contributed by atoms with van der Waals surface area (Å²) in [4.78, 5) is 58.6. The molecular weight excluding hydrogens is 448 g/mol. The van der Waals surface area contributed by atoms with Crippen LogP contribution in [0.2, 0.25) is 0 Å². The van der Waals surface area contributed by atoms with Crippen molar-refractivity contribution in [2.75, 3.05) is 19.0 Å². The summed E-state index contributed by atoms with van der Waals surface area (Å²) in [7, 11) is 0. The van der Waals surface area contributed by atoms with Gasteiger partial charge in [-0.15, -0.1) is 23.1 Å². The molecular formula is C18H20N4O7S2. The number of hydrogen-bond acceptors (Lipinski definition) is 10. The van der Waals surface area contributed by atoms with Gasteiger partial charge in [-0.05, 0) is 6.42 Å². The minimum Gasteiger partial charge on any atom is -0.477 e. The minimum absolute atomic E-state index is 0.0636. The number of aliphatic carboxylic acids is 1. The van der Waals surface area contributed by atoms with Gasteiger partial charge in [0.25, 0.3) is 11.8 Å². The Hall–Kier alpha value is -2.93. The summed E-state index contributed by atoms with van der Waals surface area (Å²) in [5, 5.41) is 17.1. The van der Waals surface area contributed by atoms with Crippen LogP contribution in [0.25, 0.3) is 0 Å². The van der Waals surface area contributed by atoms with Gasteiger partial charge < -0.3 is 20.0 Å². The predicted octanol–water partition coefficient (Wildman–Crippen LogP) is 0.576. The van der Waals surface area contributed by atoms with Crippen LogP contribution in [0, 0.1) is 0 Å². The summed E-state index contributed by atoms with van der Waals surface area (Å²) in [5.74, 6) is -2.84. The van der Waals surface area contributed by atoms with Gasteiger partial charge in [0.1, 0.15) is 36.0 Å². The van der Waals surface area contributed by atoms with Crippen molar-refractivity contribution in [1.29, 1.82) is 0 Å². The van der Waals surface area contributed by atoms with E-state index in [0.29, 0.717) is 24.3 Å². The Labute approximate surface area is 185 Å². The van der Waals surface area contributed by atoms with Crippen LogP contribution in [0.3, 0.4) is 0 Å². The number of thioether (sulfide) groups is 1. The topological polar surface area (TPSA) is 147 Å². The lowest BCUT2D eigenvalue weighted by Crippen LogP contribution is -2.71. The van der Waals surface area contributed by atoms with E-state index in [1.807, 2.05) is 6.92 Å². The number of esters is 1. The largest absolute Gasteiger partial charge is 0.477 e. The van der Waals surface area contributed by atoms with Crippen molar-refractivity contribution < 1.29 is 33.9 Å². The number of thiazole rings is 1. The van der Waals surface area contributed by atoms with Crippen molar-refractivity contribution in [3.05, 3.63) is 27.9 Å². The molecule has 0 unspecified atom stereocenters. The van der Waals surface area contributed by atoms with Gasteiger partial charge in [0.15, 0.2) is 5.71 Å². The van der Waals surface area contributed by atoms with Gasteiger partial charge in [-0.25, -0.2) is 9.78 Å². The molecule has 0 bridgehead atoms. The van der Waals surface area contributed by atoms with Crippen molar-refractivity contribution in [3.8, 4) is 0 Å². The lowest BCUT2D eigenvalue weighted by molar-refractivity contribution is -0.150. The Kier molecular flexibility index (Phi) is 7.28. The van der Waals surface area contributed by atoms with Crippen molar-refractivity contribution in [2.24, 2.45) is 5.16 Å². The average Bonchev–Trinajstić information content (AvgIpc) is 3.26. The van der Waals surface area contributed by atoms with E-state index < -0.39 is 35.2 Å². The zero-order chi connectivity index (χ0) is 22.5. The van der Waals surface area contributed by atoms with Crippen molar-refractivity contribution in [2.45, 2.75) is 31.7 Å². The molecule has 166 valence electrons. The number of amides is 2. The van der Waals surface area contributed by atoms with Crippen LogP contribution < -0.4 is 5.32 Å². The van der Waals surface area contributed by atoms with Crippen LogP contribution >= 0.6 is 23.1 Å². The third kappa shape index (κ3) is 4.88. The molecule has 2 N–H and O–H groups in total. The number of carbonyl (C=O) groups excluding carboxylic acids is 3. The maximum atomic E-state index is 12.8. The molecule has 1 aromatic rings. The molecule has 0 radical (unpaired) electrons. The number of rotatable bonds is 9. The van der Waals surface area contributed by atoms with Gasteiger partial charge >= 0.3 is 11.9 Å². The Morgan fingerprint density at radius 2 is 2.19 bits per heavy atom. The van der Waals surface area contributed by atoms with Gasteiger partial charge in [-0.3, -0.25) is 19.3 Å². The van der Waals surface area contributed by atoms with Crippen LogP contribution in [-0.2, 0) is 28.8 Å². The van der Waals surface area contributed by atoms with Gasteiger partial charge in [0.2, 0.25) is 0 Å². The molecule has 0 saturated carbocycles. The zero-order valence-corrected chi connectivity index (χ0v) is 18.3. The number of carboxylic acid groups (broad SMARTS) is 1. The Bertz CT molecular complexity index is 945. The monoisotopic (exact) mass is 468 g/mol. The van der Waals surface area contributed by atoms with E-state index in [-0.39, 0.29) is 23.8 Å². The maximum absolute atomic E-state index is 12.8. The fourth-order valence-corrected chi connectivity index (χ4v) is 4.79. The highest BCUT2D eigenvalue weighted by Gasteiger charge is 2.54. The first-order valence-corrected chi connectivity index (χ1v) is 11.3. The molecule has 2 aliphatic heterocycles. The van der Waals surface area contributed by atoms with E-state index in [4.69, 9.17) is 9.57 Å². The normalized spacial score (nSPS) is 20.6. The fraction of sp³-hybridized carbons (Fsp3) is 0.444. The second-order valence-corrected chi connectivity index (χ2v) is 8.37. The molecule has 13 heteroatoms. The molecule has 11 nitrogen and oxygen atoms in total. The molecule has 2 amide bonds. The summed E-state index contributed by atoms with van der Waals surface area (Å²) in [6.07, 6.45) is 0.699. The highest BCUT2D eigenvalue weighted by molar-refractivity contribution is 8.00. The highest BCUT2D eigenvalue weighted by atomic mass is 32.2. The molecule has 1 aromatic heterocycles. The summed E-state index contributed by atoms with van der Waals surface area (Å²) in [6, 6.07) is -0.933. The van der Waals surface area contributed by atoms with E-state index in [0.717, 1.165) is 4.90 Å². The highest BCUT2D eigenvalue weighted by Crippen LogP contribution is 2.40. The molecule has 31 heavy (non-hydrogen) atoms. The summed E-state index contributed by atoms with van der Waals surface area (Å²) < 4.78 is 4.90. The van der Waals surface area contributed by atoms with Crippen LogP contribution in [0.4, 0.5) is 0 Å². The number of hydrogen-bond donors (Lipinski definition) is 2. The lowest BCUT2D eigenvalue weighted by atomic mass is 10.0. The average molecular weight is 469 g/mol. The maximum Gasteiger partial charge on any atom is 0.352 e. The van der Waals surface area contributed by atoms with E-state index in [9.17, 15) is 24.3 Å². The number of aromatic nitrogens is 1. The molecule has 3 heterocycles. The second kappa shape index (κ2) is 9.92. The summed E-state index contributed by atoms with van der Waals surface area (Å²) in [6.45, 7) is 3.20. The predicted molar refractivity (Wildman–Crippen MR) is 111 cm³/mol. The fourth-order valence-electron chi connectivity index (χ4n) is 2.93. The first-order chi connectivity index (χ1) is 14.8.